The molecule has 3 rings (SSSR count). The molecule has 0 spiro atoms. The normalized spacial score (nSPS) is 10.4. The molecule has 0 amide bonds. The number of rotatable bonds is 9. The fraction of sp³-hybridized carbons (Fsp3) is 0.150. The van der Waals surface area contributed by atoms with Crippen LogP contribution in [0.5, 0.6) is 5.75 Å². The minimum atomic E-state index is -0.916. The van der Waals surface area contributed by atoms with Crippen molar-refractivity contribution >= 4 is 34.0 Å². The van der Waals surface area contributed by atoms with Gasteiger partial charge in [-0.05, 0) is 17.7 Å². The average molecular weight is 397 g/mol. The van der Waals surface area contributed by atoms with E-state index in [9.17, 15) is 9.59 Å². The number of carbonyl (C=O) groups is 2. The van der Waals surface area contributed by atoms with Crippen molar-refractivity contribution in [3.8, 4) is 5.75 Å². The molecule has 0 aliphatic heterocycles. The zero-order valence-corrected chi connectivity index (χ0v) is 15.7. The van der Waals surface area contributed by atoms with Crippen LogP contribution in [0.2, 0.25) is 0 Å². The van der Waals surface area contributed by atoms with Crippen LogP contribution in [0, 0.1) is 0 Å². The van der Waals surface area contributed by atoms with Gasteiger partial charge in [-0.15, -0.1) is 0 Å². The van der Waals surface area contributed by atoms with E-state index in [1.165, 1.54) is 0 Å². The first-order chi connectivity index (χ1) is 13.5. The molecule has 0 atom stereocenters. The molecular formula is C20H19N3O4S. The standard InChI is InChI=1S/C20H19N3O4S/c21-19-18(28-20(23-19)22-10-9-16(24)25)17(26)14-7-4-8-15(11-14)27-12-13-5-2-1-3-6-13/h1-8,11H,9-10,12,21H2,(H,22,23)(H,24,25). The van der Waals surface area contributed by atoms with Gasteiger partial charge >= 0.3 is 5.97 Å². The van der Waals surface area contributed by atoms with E-state index in [0.29, 0.717) is 27.9 Å². The fourth-order valence-corrected chi connectivity index (χ4v) is 3.32. The largest absolute Gasteiger partial charge is 0.489 e. The maximum absolute atomic E-state index is 12.8. The van der Waals surface area contributed by atoms with Gasteiger partial charge in [-0.1, -0.05) is 53.8 Å². The Morgan fingerprint density at radius 2 is 1.93 bits per heavy atom. The zero-order chi connectivity index (χ0) is 19.9. The lowest BCUT2D eigenvalue weighted by Crippen LogP contribution is -2.07. The number of benzene rings is 2. The first-order valence-electron chi connectivity index (χ1n) is 8.56. The SMILES string of the molecule is Nc1nc(NCCC(=O)O)sc1C(=O)c1cccc(OCc2ccccc2)c1. The van der Waals surface area contributed by atoms with Gasteiger partial charge in [0.15, 0.2) is 5.13 Å². The molecule has 28 heavy (non-hydrogen) atoms. The molecule has 7 nitrogen and oxygen atoms in total. The van der Waals surface area contributed by atoms with Gasteiger partial charge in [0.25, 0.3) is 0 Å². The summed E-state index contributed by atoms with van der Waals surface area (Å²) in [5, 5.41) is 12.0. The molecule has 0 fully saturated rings. The maximum atomic E-state index is 12.8. The summed E-state index contributed by atoms with van der Waals surface area (Å²) in [7, 11) is 0. The van der Waals surface area contributed by atoms with Crippen LogP contribution in [0.1, 0.15) is 27.2 Å². The zero-order valence-electron chi connectivity index (χ0n) is 14.9. The number of aromatic nitrogens is 1. The predicted molar refractivity (Wildman–Crippen MR) is 108 cm³/mol. The Bertz CT molecular complexity index is 973. The van der Waals surface area contributed by atoms with E-state index >= 15 is 0 Å². The van der Waals surface area contributed by atoms with E-state index in [1.54, 1.807) is 24.3 Å². The van der Waals surface area contributed by atoms with E-state index in [2.05, 4.69) is 10.3 Å². The number of ketones is 1. The molecule has 0 aliphatic rings. The van der Waals surface area contributed by atoms with E-state index in [-0.39, 0.29) is 24.6 Å². The Hall–Kier alpha value is -3.39. The third-order valence-corrected chi connectivity index (χ3v) is 4.85. The van der Waals surface area contributed by atoms with Gasteiger partial charge in [-0.2, -0.15) is 0 Å². The van der Waals surface area contributed by atoms with Crippen molar-refractivity contribution < 1.29 is 19.4 Å². The minimum absolute atomic E-state index is 0.0520. The number of aliphatic carboxylic acids is 1. The first kappa shape index (κ1) is 19.4. The Labute approximate surface area is 165 Å². The number of hydrogen-bond acceptors (Lipinski definition) is 7. The quantitative estimate of drug-likeness (QED) is 0.474. The number of ether oxygens (including phenoxy) is 1. The van der Waals surface area contributed by atoms with Gasteiger partial charge in [0, 0.05) is 12.1 Å². The molecule has 0 aliphatic carbocycles. The number of nitrogens with zero attached hydrogens (tertiary/aromatic N) is 1. The number of thiazole rings is 1. The summed E-state index contributed by atoms with van der Waals surface area (Å²) >= 11 is 1.10. The molecule has 1 aromatic heterocycles. The van der Waals surface area contributed by atoms with Crippen LogP contribution < -0.4 is 15.8 Å². The number of carboxylic acids is 1. The van der Waals surface area contributed by atoms with Crippen LogP contribution in [-0.2, 0) is 11.4 Å². The van der Waals surface area contributed by atoms with Crippen molar-refractivity contribution in [1.82, 2.24) is 4.98 Å². The lowest BCUT2D eigenvalue weighted by molar-refractivity contribution is -0.136. The van der Waals surface area contributed by atoms with Crippen molar-refractivity contribution in [2.75, 3.05) is 17.6 Å². The topological polar surface area (TPSA) is 115 Å². The van der Waals surface area contributed by atoms with Gasteiger partial charge in [-0.25, -0.2) is 4.98 Å². The molecule has 0 radical (unpaired) electrons. The molecule has 1 heterocycles. The van der Waals surface area contributed by atoms with Gasteiger partial charge in [0.2, 0.25) is 5.78 Å². The van der Waals surface area contributed by atoms with Crippen LogP contribution in [0.15, 0.2) is 54.6 Å². The second-order valence-corrected chi connectivity index (χ2v) is 6.93. The highest BCUT2D eigenvalue weighted by molar-refractivity contribution is 7.18. The number of carboxylic acid groups (broad SMARTS) is 1. The Balaban J connectivity index is 1.68. The fourth-order valence-electron chi connectivity index (χ4n) is 2.45. The molecule has 0 saturated carbocycles. The molecule has 0 saturated heterocycles. The summed E-state index contributed by atoms with van der Waals surface area (Å²) in [4.78, 5) is 27.8. The Morgan fingerprint density at radius 1 is 1.14 bits per heavy atom. The number of hydrogen-bond donors (Lipinski definition) is 3. The minimum Gasteiger partial charge on any atom is -0.489 e. The van der Waals surface area contributed by atoms with Crippen LogP contribution in [0.3, 0.4) is 0 Å². The maximum Gasteiger partial charge on any atom is 0.305 e. The summed E-state index contributed by atoms with van der Waals surface area (Å²) in [6.45, 7) is 0.609. The summed E-state index contributed by atoms with van der Waals surface area (Å²) < 4.78 is 5.77. The van der Waals surface area contributed by atoms with Gasteiger partial charge in [-0.3, -0.25) is 9.59 Å². The molecule has 4 N–H and O–H groups in total. The second kappa shape index (κ2) is 9.01. The molecule has 144 valence electrons. The summed E-state index contributed by atoms with van der Waals surface area (Å²) in [6.07, 6.45) is -0.0520. The van der Waals surface area contributed by atoms with E-state index in [1.807, 2.05) is 30.3 Å². The number of nitrogen functional groups attached to an aromatic ring is 1. The number of nitrogens with two attached hydrogens (primary N) is 1. The summed E-state index contributed by atoms with van der Waals surface area (Å²) in [6, 6.07) is 16.6. The predicted octanol–water partition coefficient (Wildman–Crippen LogP) is 3.42. The molecule has 8 heteroatoms. The van der Waals surface area contributed by atoms with E-state index < -0.39 is 5.97 Å². The average Bonchev–Trinajstić information content (AvgIpc) is 3.07. The lowest BCUT2D eigenvalue weighted by atomic mass is 10.1. The Kier molecular flexibility index (Phi) is 6.23. The van der Waals surface area contributed by atoms with Crippen molar-refractivity contribution in [1.29, 1.82) is 0 Å². The second-order valence-electron chi connectivity index (χ2n) is 5.94. The highest BCUT2D eigenvalue weighted by Crippen LogP contribution is 2.28. The van der Waals surface area contributed by atoms with Gasteiger partial charge in [0.1, 0.15) is 23.1 Å². The summed E-state index contributed by atoms with van der Waals surface area (Å²) in [5.74, 6) is -0.479. The number of nitrogens with one attached hydrogen (secondary N) is 1. The van der Waals surface area contributed by atoms with Crippen LogP contribution >= 0.6 is 11.3 Å². The monoisotopic (exact) mass is 397 g/mol. The van der Waals surface area contributed by atoms with E-state index in [4.69, 9.17) is 15.6 Å². The van der Waals surface area contributed by atoms with Crippen molar-refractivity contribution in [3.63, 3.8) is 0 Å². The van der Waals surface area contributed by atoms with Crippen LogP contribution in [-0.4, -0.2) is 28.4 Å². The Morgan fingerprint density at radius 3 is 2.68 bits per heavy atom. The molecule has 0 bridgehead atoms. The van der Waals surface area contributed by atoms with Crippen molar-refractivity contribution in [2.45, 2.75) is 13.0 Å². The van der Waals surface area contributed by atoms with Gasteiger partial charge in [0.05, 0.1) is 6.42 Å². The smallest absolute Gasteiger partial charge is 0.305 e. The van der Waals surface area contributed by atoms with Crippen LogP contribution in [0.4, 0.5) is 10.9 Å². The van der Waals surface area contributed by atoms with Crippen LogP contribution in [0.25, 0.3) is 0 Å². The summed E-state index contributed by atoms with van der Waals surface area (Å²) in [5.41, 5.74) is 7.35. The first-order valence-corrected chi connectivity index (χ1v) is 9.38. The third kappa shape index (κ3) is 5.08. The highest BCUT2D eigenvalue weighted by Gasteiger charge is 2.18. The third-order valence-electron chi connectivity index (χ3n) is 3.82. The highest BCUT2D eigenvalue weighted by atomic mass is 32.1. The number of anilines is 2. The molecular weight excluding hydrogens is 378 g/mol. The van der Waals surface area contributed by atoms with Crippen molar-refractivity contribution in [3.05, 3.63) is 70.6 Å². The number of carbonyl (C=O) groups excluding carboxylic acids is 1. The molecule has 2 aromatic carbocycles. The molecule has 0 unspecified atom stereocenters. The van der Waals surface area contributed by atoms with Crippen molar-refractivity contribution in [2.24, 2.45) is 0 Å². The molecule has 3 aromatic rings. The van der Waals surface area contributed by atoms with E-state index in [0.717, 1.165) is 16.9 Å². The van der Waals surface area contributed by atoms with Gasteiger partial charge < -0.3 is 20.9 Å². The lowest BCUT2D eigenvalue weighted by Gasteiger charge is -2.07.